The molecule has 1 fully saturated rings. The topological polar surface area (TPSA) is 21.3 Å². The molecule has 0 saturated heterocycles. The number of hydrogen-bond acceptors (Lipinski definition) is 2. The maximum atomic E-state index is 5.74. The van der Waals surface area contributed by atoms with E-state index < -0.39 is 0 Å². The zero-order valence-corrected chi connectivity index (χ0v) is 11.7. The monoisotopic (exact) mass is 267 g/mol. The third kappa shape index (κ3) is 3.84. The third-order valence-electron chi connectivity index (χ3n) is 3.64. The summed E-state index contributed by atoms with van der Waals surface area (Å²) >= 11 is 0. The van der Waals surface area contributed by atoms with Gasteiger partial charge in [-0.1, -0.05) is 42.5 Å². The molecule has 0 heterocycles. The van der Waals surface area contributed by atoms with E-state index in [0.29, 0.717) is 0 Å². The molecular formula is C18H21NO. The van der Waals surface area contributed by atoms with Crippen LogP contribution >= 0.6 is 0 Å². The van der Waals surface area contributed by atoms with Crippen molar-refractivity contribution in [2.24, 2.45) is 5.92 Å². The van der Waals surface area contributed by atoms with Crippen LogP contribution < -0.4 is 10.1 Å². The van der Waals surface area contributed by atoms with Crippen LogP contribution in [0.2, 0.25) is 0 Å². The lowest BCUT2D eigenvalue weighted by Gasteiger charge is -2.08. The van der Waals surface area contributed by atoms with Crippen LogP contribution in [0, 0.1) is 5.92 Å². The Labute approximate surface area is 120 Å². The van der Waals surface area contributed by atoms with Crippen LogP contribution in [0.15, 0.2) is 54.6 Å². The van der Waals surface area contributed by atoms with Crippen LogP contribution in [0.3, 0.4) is 0 Å². The molecular weight excluding hydrogens is 246 g/mol. The van der Waals surface area contributed by atoms with Gasteiger partial charge >= 0.3 is 0 Å². The van der Waals surface area contributed by atoms with Crippen molar-refractivity contribution in [2.45, 2.75) is 12.8 Å². The molecule has 1 N–H and O–H groups in total. The van der Waals surface area contributed by atoms with Crippen molar-refractivity contribution in [3.8, 4) is 16.9 Å². The summed E-state index contributed by atoms with van der Waals surface area (Å²) in [5, 5.41) is 3.43. The third-order valence-corrected chi connectivity index (χ3v) is 3.64. The Bertz CT molecular complexity index is 517. The summed E-state index contributed by atoms with van der Waals surface area (Å²) in [4.78, 5) is 0. The fourth-order valence-corrected chi connectivity index (χ4v) is 2.24. The lowest BCUT2D eigenvalue weighted by molar-refractivity contribution is 0.313. The van der Waals surface area contributed by atoms with E-state index in [4.69, 9.17) is 4.74 Å². The molecule has 2 nitrogen and oxygen atoms in total. The second-order valence-electron chi connectivity index (χ2n) is 5.39. The van der Waals surface area contributed by atoms with Crippen molar-refractivity contribution < 1.29 is 4.74 Å². The molecule has 0 aromatic heterocycles. The van der Waals surface area contributed by atoms with Gasteiger partial charge in [-0.15, -0.1) is 0 Å². The van der Waals surface area contributed by atoms with Gasteiger partial charge in [0.25, 0.3) is 0 Å². The van der Waals surface area contributed by atoms with Crippen molar-refractivity contribution in [1.29, 1.82) is 0 Å². The molecule has 2 aromatic carbocycles. The summed E-state index contributed by atoms with van der Waals surface area (Å²) in [5.74, 6) is 1.87. The Hall–Kier alpha value is -1.80. The molecule has 1 aliphatic rings. The van der Waals surface area contributed by atoms with E-state index >= 15 is 0 Å². The molecule has 0 unspecified atom stereocenters. The van der Waals surface area contributed by atoms with Gasteiger partial charge in [0.05, 0.1) is 0 Å². The number of benzene rings is 2. The first-order valence-electron chi connectivity index (χ1n) is 7.41. The van der Waals surface area contributed by atoms with E-state index in [2.05, 4.69) is 41.7 Å². The summed E-state index contributed by atoms with van der Waals surface area (Å²) < 4.78 is 5.74. The zero-order valence-electron chi connectivity index (χ0n) is 11.7. The Balaban J connectivity index is 1.46. The van der Waals surface area contributed by atoms with Crippen LogP contribution in [0.25, 0.3) is 11.1 Å². The standard InChI is InChI=1S/C18H21NO/c1-2-4-16(5-3-1)17-8-10-18(11-9-17)20-13-12-19-14-15-6-7-15/h1-5,8-11,15,19H,6-7,12-14H2. The van der Waals surface area contributed by atoms with E-state index in [0.717, 1.165) is 31.4 Å². The van der Waals surface area contributed by atoms with Crippen LogP contribution in [0.4, 0.5) is 0 Å². The van der Waals surface area contributed by atoms with Crippen molar-refractivity contribution >= 4 is 0 Å². The fourth-order valence-electron chi connectivity index (χ4n) is 2.24. The predicted molar refractivity (Wildman–Crippen MR) is 83.0 cm³/mol. The molecule has 1 aliphatic carbocycles. The van der Waals surface area contributed by atoms with Crippen molar-refractivity contribution in [2.75, 3.05) is 19.7 Å². The minimum atomic E-state index is 0.734. The van der Waals surface area contributed by atoms with Crippen LogP contribution in [0.5, 0.6) is 5.75 Å². The lowest BCUT2D eigenvalue weighted by Crippen LogP contribution is -2.23. The van der Waals surface area contributed by atoms with Gasteiger partial charge < -0.3 is 10.1 Å². The predicted octanol–water partition coefficient (Wildman–Crippen LogP) is 3.73. The molecule has 0 atom stereocenters. The van der Waals surface area contributed by atoms with Gasteiger partial charge in [0.2, 0.25) is 0 Å². The molecule has 1 saturated carbocycles. The SMILES string of the molecule is c1ccc(-c2ccc(OCCNCC3CC3)cc2)cc1. The molecule has 0 spiro atoms. The first-order valence-corrected chi connectivity index (χ1v) is 7.41. The second kappa shape index (κ2) is 6.58. The van der Waals surface area contributed by atoms with Gasteiger partial charge in [-0.2, -0.15) is 0 Å². The average Bonchev–Trinajstić information content (AvgIpc) is 3.33. The highest BCUT2D eigenvalue weighted by molar-refractivity contribution is 5.63. The van der Waals surface area contributed by atoms with E-state index in [-0.39, 0.29) is 0 Å². The number of rotatable bonds is 7. The van der Waals surface area contributed by atoms with Crippen molar-refractivity contribution in [1.82, 2.24) is 5.32 Å². The molecule has 0 aliphatic heterocycles. The molecule has 104 valence electrons. The zero-order chi connectivity index (χ0) is 13.6. The normalized spacial score (nSPS) is 14.2. The Morgan fingerprint density at radius 1 is 0.900 bits per heavy atom. The van der Waals surface area contributed by atoms with Gasteiger partial charge in [-0.05, 0) is 48.6 Å². The van der Waals surface area contributed by atoms with Crippen molar-refractivity contribution in [3.63, 3.8) is 0 Å². The second-order valence-corrected chi connectivity index (χ2v) is 5.39. The summed E-state index contributed by atoms with van der Waals surface area (Å²) in [7, 11) is 0. The highest BCUT2D eigenvalue weighted by atomic mass is 16.5. The van der Waals surface area contributed by atoms with Gasteiger partial charge in [-0.25, -0.2) is 0 Å². The van der Waals surface area contributed by atoms with Gasteiger partial charge in [-0.3, -0.25) is 0 Å². The van der Waals surface area contributed by atoms with E-state index in [9.17, 15) is 0 Å². The minimum Gasteiger partial charge on any atom is -0.492 e. The highest BCUT2D eigenvalue weighted by Crippen LogP contribution is 2.27. The molecule has 0 bridgehead atoms. The number of nitrogens with one attached hydrogen (secondary N) is 1. The van der Waals surface area contributed by atoms with Gasteiger partial charge in [0, 0.05) is 6.54 Å². The number of hydrogen-bond donors (Lipinski definition) is 1. The summed E-state index contributed by atoms with van der Waals surface area (Å²) in [6, 6.07) is 18.7. The molecule has 2 aromatic rings. The number of ether oxygens (including phenoxy) is 1. The maximum absolute atomic E-state index is 5.74. The largest absolute Gasteiger partial charge is 0.492 e. The van der Waals surface area contributed by atoms with Crippen molar-refractivity contribution in [3.05, 3.63) is 54.6 Å². The quantitative estimate of drug-likeness (QED) is 0.772. The molecule has 0 amide bonds. The van der Waals surface area contributed by atoms with Crippen LogP contribution in [-0.2, 0) is 0 Å². The van der Waals surface area contributed by atoms with Crippen LogP contribution in [-0.4, -0.2) is 19.7 Å². The smallest absolute Gasteiger partial charge is 0.119 e. The Morgan fingerprint density at radius 2 is 1.60 bits per heavy atom. The van der Waals surface area contributed by atoms with Gasteiger partial charge in [0.1, 0.15) is 12.4 Å². The van der Waals surface area contributed by atoms with E-state index in [1.165, 1.54) is 24.0 Å². The van der Waals surface area contributed by atoms with Gasteiger partial charge in [0.15, 0.2) is 0 Å². The first-order chi connectivity index (χ1) is 9.92. The molecule has 0 radical (unpaired) electrons. The molecule has 20 heavy (non-hydrogen) atoms. The molecule has 2 heteroatoms. The van der Waals surface area contributed by atoms with E-state index in [1.807, 2.05) is 18.2 Å². The lowest BCUT2D eigenvalue weighted by atomic mass is 10.1. The maximum Gasteiger partial charge on any atom is 0.119 e. The summed E-state index contributed by atoms with van der Waals surface area (Å²) in [5.41, 5.74) is 2.47. The first kappa shape index (κ1) is 13.2. The average molecular weight is 267 g/mol. The van der Waals surface area contributed by atoms with Crippen LogP contribution in [0.1, 0.15) is 12.8 Å². The fraction of sp³-hybridized carbons (Fsp3) is 0.333. The Morgan fingerprint density at radius 3 is 2.30 bits per heavy atom. The summed E-state index contributed by atoms with van der Waals surface area (Å²) in [6.07, 6.45) is 2.80. The summed E-state index contributed by atoms with van der Waals surface area (Å²) in [6.45, 7) is 2.81. The highest BCUT2D eigenvalue weighted by Gasteiger charge is 2.19. The minimum absolute atomic E-state index is 0.734. The molecule has 3 rings (SSSR count). The Kier molecular flexibility index (Phi) is 4.34. The van der Waals surface area contributed by atoms with E-state index in [1.54, 1.807) is 0 Å².